The van der Waals surface area contributed by atoms with Crippen molar-refractivity contribution < 1.29 is 14.3 Å². The average Bonchev–Trinajstić information content (AvgIpc) is 2.88. The molecule has 120 valence electrons. The first-order valence-electron chi connectivity index (χ1n) is 7.77. The second-order valence-electron chi connectivity index (χ2n) is 5.58. The van der Waals surface area contributed by atoms with E-state index in [1.54, 1.807) is 14.2 Å². The van der Waals surface area contributed by atoms with Crippen LogP contribution < -0.4 is 10.1 Å². The quantitative estimate of drug-likeness (QED) is 0.876. The van der Waals surface area contributed by atoms with Gasteiger partial charge >= 0.3 is 0 Å². The van der Waals surface area contributed by atoms with Gasteiger partial charge in [0.15, 0.2) is 0 Å². The van der Waals surface area contributed by atoms with E-state index in [2.05, 4.69) is 12.2 Å². The minimum absolute atomic E-state index is 0.0582. The maximum absolute atomic E-state index is 12.3. The number of carbonyl (C=O) groups excluding carboxylic acids is 2. The molecule has 2 amide bonds. The highest BCUT2D eigenvalue weighted by Crippen LogP contribution is 2.38. The van der Waals surface area contributed by atoms with Gasteiger partial charge in [-0.3, -0.25) is 9.59 Å². The summed E-state index contributed by atoms with van der Waals surface area (Å²) in [5.41, 5.74) is 0.983. The van der Waals surface area contributed by atoms with Gasteiger partial charge in [-0.1, -0.05) is 25.5 Å². The zero-order valence-corrected chi connectivity index (χ0v) is 13.5. The molecule has 5 heteroatoms. The molecule has 0 bridgehead atoms. The van der Waals surface area contributed by atoms with E-state index in [0.717, 1.165) is 24.2 Å². The number of nitrogens with zero attached hydrogens (tertiary/aromatic N) is 1. The standard InChI is InChI=1S/C17H24N2O3/c1-4-5-10-19-15(20)11-14(17(21)18-2)16(19)12-6-8-13(22-3)9-7-12/h6-9,14,16H,4-5,10-11H2,1-3H3,(H,18,21)/t14-,16+/m1/s1. The number of hydrogen-bond donors (Lipinski definition) is 1. The Labute approximate surface area is 131 Å². The van der Waals surface area contributed by atoms with Crippen molar-refractivity contribution in [2.45, 2.75) is 32.2 Å². The number of hydrogen-bond acceptors (Lipinski definition) is 3. The Morgan fingerprint density at radius 2 is 2.05 bits per heavy atom. The average molecular weight is 304 g/mol. The molecule has 1 N–H and O–H groups in total. The van der Waals surface area contributed by atoms with Crippen LogP contribution in [0.3, 0.4) is 0 Å². The summed E-state index contributed by atoms with van der Waals surface area (Å²) in [6.07, 6.45) is 2.24. The molecule has 1 aliphatic rings. The molecule has 2 rings (SSSR count). The van der Waals surface area contributed by atoms with Crippen LogP contribution >= 0.6 is 0 Å². The minimum atomic E-state index is -0.331. The van der Waals surface area contributed by atoms with E-state index >= 15 is 0 Å². The van der Waals surface area contributed by atoms with Gasteiger partial charge in [-0.25, -0.2) is 0 Å². The van der Waals surface area contributed by atoms with Gasteiger partial charge < -0.3 is 15.0 Å². The summed E-state index contributed by atoms with van der Waals surface area (Å²) >= 11 is 0. The summed E-state index contributed by atoms with van der Waals surface area (Å²) in [5, 5.41) is 2.68. The fraction of sp³-hybridized carbons (Fsp3) is 0.529. The number of likely N-dealkylation sites (tertiary alicyclic amines) is 1. The van der Waals surface area contributed by atoms with Crippen molar-refractivity contribution >= 4 is 11.8 Å². The number of rotatable bonds is 6. The topological polar surface area (TPSA) is 58.6 Å². The molecule has 22 heavy (non-hydrogen) atoms. The van der Waals surface area contributed by atoms with Crippen molar-refractivity contribution in [2.75, 3.05) is 20.7 Å². The van der Waals surface area contributed by atoms with Gasteiger partial charge in [0.25, 0.3) is 0 Å². The summed E-state index contributed by atoms with van der Waals surface area (Å²) in [4.78, 5) is 26.4. The van der Waals surface area contributed by atoms with Crippen molar-refractivity contribution in [3.8, 4) is 5.75 Å². The van der Waals surface area contributed by atoms with Crippen molar-refractivity contribution in [3.63, 3.8) is 0 Å². The molecule has 0 saturated carbocycles. The molecule has 1 fully saturated rings. The molecular weight excluding hydrogens is 280 g/mol. The smallest absolute Gasteiger partial charge is 0.225 e. The molecule has 1 aromatic carbocycles. The first-order chi connectivity index (χ1) is 10.6. The molecule has 1 aliphatic heterocycles. The lowest BCUT2D eigenvalue weighted by molar-refractivity contribution is -0.129. The normalized spacial score (nSPS) is 21.0. The third kappa shape index (κ3) is 3.24. The SMILES string of the molecule is CCCCN1C(=O)C[C@@H](C(=O)NC)[C@@H]1c1ccc(OC)cc1. The Kier molecular flexibility index (Phi) is 5.41. The number of nitrogens with one attached hydrogen (secondary N) is 1. The molecule has 1 aromatic rings. The van der Waals surface area contributed by atoms with Crippen LogP contribution in [0.4, 0.5) is 0 Å². The van der Waals surface area contributed by atoms with Gasteiger partial charge in [0.2, 0.25) is 11.8 Å². The summed E-state index contributed by atoms with van der Waals surface area (Å²) in [7, 11) is 3.24. The van der Waals surface area contributed by atoms with E-state index in [0.29, 0.717) is 6.54 Å². The lowest BCUT2D eigenvalue weighted by Gasteiger charge is -2.28. The Bertz CT molecular complexity index is 527. The molecule has 2 atom stereocenters. The highest BCUT2D eigenvalue weighted by molar-refractivity contribution is 5.90. The van der Waals surface area contributed by atoms with Gasteiger partial charge in [0.1, 0.15) is 5.75 Å². The number of amides is 2. The molecular formula is C17H24N2O3. The maximum Gasteiger partial charge on any atom is 0.225 e. The zero-order valence-electron chi connectivity index (χ0n) is 13.5. The zero-order chi connectivity index (χ0) is 16.1. The highest BCUT2D eigenvalue weighted by atomic mass is 16.5. The van der Waals surface area contributed by atoms with E-state index in [1.165, 1.54) is 0 Å². The van der Waals surface area contributed by atoms with Crippen molar-refractivity contribution in [3.05, 3.63) is 29.8 Å². The van der Waals surface area contributed by atoms with Crippen LogP contribution in [0.15, 0.2) is 24.3 Å². The molecule has 0 unspecified atom stereocenters. The molecule has 1 saturated heterocycles. The Hall–Kier alpha value is -2.04. The first-order valence-corrected chi connectivity index (χ1v) is 7.77. The Balaban J connectivity index is 2.32. The summed E-state index contributed by atoms with van der Waals surface area (Å²) in [5.74, 6) is 0.420. The number of unbranched alkanes of at least 4 members (excludes halogenated alkanes) is 1. The molecule has 0 aromatic heterocycles. The van der Waals surface area contributed by atoms with E-state index < -0.39 is 0 Å². The van der Waals surface area contributed by atoms with Crippen LogP contribution in [0.1, 0.15) is 37.8 Å². The lowest BCUT2D eigenvalue weighted by atomic mass is 9.92. The molecule has 5 nitrogen and oxygen atoms in total. The van der Waals surface area contributed by atoms with Crippen molar-refractivity contribution in [2.24, 2.45) is 5.92 Å². The van der Waals surface area contributed by atoms with E-state index in [4.69, 9.17) is 4.74 Å². The van der Waals surface area contributed by atoms with E-state index in [-0.39, 0.29) is 30.2 Å². The summed E-state index contributed by atoms with van der Waals surface area (Å²) in [6, 6.07) is 7.44. The van der Waals surface area contributed by atoms with Gasteiger partial charge in [0.05, 0.1) is 19.1 Å². The summed E-state index contributed by atoms with van der Waals surface area (Å²) < 4.78 is 5.18. The highest BCUT2D eigenvalue weighted by Gasteiger charge is 2.43. The van der Waals surface area contributed by atoms with Gasteiger partial charge in [-0.05, 0) is 24.1 Å². The maximum atomic E-state index is 12.3. The second kappa shape index (κ2) is 7.29. The van der Waals surface area contributed by atoms with Crippen molar-refractivity contribution in [1.82, 2.24) is 10.2 Å². The monoisotopic (exact) mass is 304 g/mol. The van der Waals surface area contributed by atoms with E-state index in [1.807, 2.05) is 29.2 Å². The number of methoxy groups -OCH3 is 1. The Morgan fingerprint density at radius 1 is 1.36 bits per heavy atom. The fourth-order valence-electron chi connectivity index (χ4n) is 3.02. The summed E-state index contributed by atoms with van der Waals surface area (Å²) in [6.45, 7) is 2.79. The minimum Gasteiger partial charge on any atom is -0.497 e. The third-order valence-corrected chi connectivity index (χ3v) is 4.22. The van der Waals surface area contributed by atoms with Crippen LogP contribution in [0.5, 0.6) is 5.75 Å². The molecule has 0 spiro atoms. The Morgan fingerprint density at radius 3 is 2.59 bits per heavy atom. The van der Waals surface area contributed by atoms with Crippen molar-refractivity contribution in [1.29, 1.82) is 0 Å². The van der Waals surface area contributed by atoms with Crippen LogP contribution in [0, 0.1) is 5.92 Å². The largest absolute Gasteiger partial charge is 0.497 e. The van der Waals surface area contributed by atoms with Gasteiger partial charge in [0, 0.05) is 20.0 Å². The van der Waals surface area contributed by atoms with Gasteiger partial charge in [-0.15, -0.1) is 0 Å². The second-order valence-corrected chi connectivity index (χ2v) is 5.58. The third-order valence-electron chi connectivity index (χ3n) is 4.22. The van der Waals surface area contributed by atoms with Crippen LogP contribution in [-0.2, 0) is 9.59 Å². The first kappa shape index (κ1) is 16.3. The molecule has 1 heterocycles. The van der Waals surface area contributed by atoms with Crippen LogP contribution in [-0.4, -0.2) is 37.4 Å². The van der Waals surface area contributed by atoms with Crippen LogP contribution in [0.25, 0.3) is 0 Å². The predicted molar refractivity (Wildman–Crippen MR) is 84.5 cm³/mol. The molecule has 0 radical (unpaired) electrons. The lowest BCUT2D eigenvalue weighted by Crippen LogP contribution is -2.34. The number of ether oxygens (including phenoxy) is 1. The number of carbonyl (C=O) groups is 2. The predicted octanol–water partition coefficient (Wildman–Crippen LogP) is 2.13. The van der Waals surface area contributed by atoms with Crippen LogP contribution in [0.2, 0.25) is 0 Å². The van der Waals surface area contributed by atoms with Gasteiger partial charge in [-0.2, -0.15) is 0 Å². The number of benzene rings is 1. The van der Waals surface area contributed by atoms with E-state index in [9.17, 15) is 9.59 Å². The molecule has 0 aliphatic carbocycles. The fourth-order valence-corrected chi connectivity index (χ4v) is 3.02.